The number of phosphoric acid groups is 1. The van der Waals surface area contributed by atoms with Crippen molar-refractivity contribution in [2.45, 2.75) is 161 Å². The zero-order valence-electron chi connectivity index (χ0n) is 33.9. The highest BCUT2D eigenvalue weighted by Gasteiger charge is 2.26. The van der Waals surface area contributed by atoms with Crippen molar-refractivity contribution in [3.8, 4) is 0 Å². The second-order valence-corrected chi connectivity index (χ2v) is 15.3. The second kappa shape index (κ2) is 38.0. The topological polar surface area (TPSA) is 112 Å². The molecule has 0 amide bonds. The van der Waals surface area contributed by atoms with E-state index in [0.717, 1.165) is 70.6 Å². The Bertz CT molecular complexity index is 1070. The molecule has 0 fully saturated rings. The molecule has 0 aliphatic heterocycles. The Morgan fingerprint density at radius 1 is 0.585 bits per heavy atom. The summed E-state index contributed by atoms with van der Waals surface area (Å²) in [6.45, 7) is 4.18. The van der Waals surface area contributed by atoms with Gasteiger partial charge in [0.2, 0.25) is 0 Å². The third kappa shape index (κ3) is 39.2. The molecule has 2 unspecified atom stereocenters. The summed E-state index contributed by atoms with van der Waals surface area (Å²) >= 11 is 0. The van der Waals surface area contributed by atoms with Gasteiger partial charge in [0.25, 0.3) is 0 Å². The maximum absolute atomic E-state index is 12.6. The summed E-state index contributed by atoms with van der Waals surface area (Å²) in [6, 6.07) is 0. The zero-order chi connectivity index (χ0) is 39.1. The maximum Gasteiger partial charge on any atom is 0.472 e. The number of likely N-dealkylation sites (N-methyl/N-ethyl adjacent to an activating group) is 1. The van der Waals surface area contributed by atoms with E-state index in [4.69, 9.17) is 18.5 Å². The first kappa shape index (κ1) is 50.7. The lowest BCUT2D eigenvalue weighted by molar-refractivity contribution is -0.161. The molecule has 1 N–H and O–H groups in total. The summed E-state index contributed by atoms with van der Waals surface area (Å²) in [4.78, 5) is 36.9. The number of allylic oxidation sites excluding steroid dienone is 10. The van der Waals surface area contributed by atoms with Crippen LogP contribution in [0.25, 0.3) is 0 Å². The highest BCUT2D eigenvalue weighted by atomic mass is 31.2. The van der Waals surface area contributed by atoms with E-state index in [-0.39, 0.29) is 26.1 Å². The number of nitrogens with zero attached hydrogens (tertiary/aromatic N) is 1. The number of esters is 2. The predicted molar refractivity (Wildman–Crippen MR) is 220 cm³/mol. The number of hydrogen-bond acceptors (Lipinski definition) is 8. The van der Waals surface area contributed by atoms with Gasteiger partial charge in [0, 0.05) is 19.4 Å². The monoisotopic (exact) mass is 766 g/mol. The van der Waals surface area contributed by atoms with Crippen LogP contribution in [0.2, 0.25) is 0 Å². The molecule has 0 aliphatic carbocycles. The number of rotatable bonds is 37. The van der Waals surface area contributed by atoms with Gasteiger partial charge in [-0.1, -0.05) is 120 Å². The quantitative estimate of drug-likeness (QED) is 0.0286. The van der Waals surface area contributed by atoms with Gasteiger partial charge >= 0.3 is 19.8 Å². The minimum Gasteiger partial charge on any atom is -0.462 e. The van der Waals surface area contributed by atoms with E-state index < -0.39 is 32.5 Å². The first-order valence-electron chi connectivity index (χ1n) is 20.6. The molecule has 0 saturated carbocycles. The van der Waals surface area contributed by atoms with Gasteiger partial charge in [0.1, 0.15) is 6.61 Å². The minimum absolute atomic E-state index is 0.00492. The van der Waals surface area contributed by atoms with Crippen LogP contribution in [0.5, 0.6) is 0 Å². The lowest BCUT2D eigenvalue weighted by atomic mass is 10.1. The van der Waals surface area contributed by atoms with Gasteiger partial charge in [-0.15, -0.1) is 0 Å². The predicted octanol–water partition coefficient (Wildman–Crippen LogP) is 11.5. The van der Waals surface area contributed by atoms with Crippen molar-refractivity contribution in [1.82, 2.24) is 4.90 Å². The molecule has 9 nitrogen and oxygen atoms in total. The van der Waals surface area contributed by atoms with E-state index in [2.05, 4.69) is 74.6 Å². The van der Waals surface area contributed by atoms with Crippen molar-refractivity contribution in [1.29, 1.82) is 0 Å². The van der Waals surface area contributed by atoms with E-state index >= 15 is 0 Å². The Morgan fingerprint density at radius 3 is 1.55 bits per heavy atom. The molecule has 0 aliphatic rings. The summed E-state index contributed by atoms with van der Waals surface area (Å²) in [5, 5.41) is 0. The van der Waals surface area contributed by atoms with Gasteiger partial charge in [-0.05, 0) is 97.6 Å². The number of hydrogen-bond donors (Lipinski definition) is 1. The number of unbranched alkanes of at least 4 members (excludes halogenated alkanes) is 13. The molecule has 0 aromatic rings. The van der Waals surface area contributed by atoms with Crippen LogP contribution >= 0.6 is 7.82 Å². The fourth-order valence-corrected chi connectivity index (χ4v) is 5.82. The second-order valence-electron chi connectivity index (χ2n) is 13.8. The minimum atomic E-state index is -4.37. The smallest absolute Gasteiger partial charge is 0.462 e. The van der Waals surface area contributed by atoms with Crippen molar-refractivity contribution in [2.75, 3.05) is 40.5 Å². The molecule has 53 heavy (non-hydrogen) atoms. The third-order valence-electron chi connectivity index (χ3n) is 8.30. The molecule has 0 spiro atoms. The number of carbonyl (C=O) groups excluding carboxylic acids is 2. The fraction of sp³-hybridized carbons (Fsp3) is 0.721. The van der Waals surface area contributed by atoms with E-state index in [9.17, 15) is 19.0 Å². The molecule has 0 aromatic carbocycles. The van der Waals surface area contributed by atoms with Gasteiger partial charge in [0.05, 0.1) is 13.2 Å². The summed E-state index contributed by atoms with van der Waals surface area (Å²) < 4.78 is 33.3. The molecule has 0 bridgehead atoms. The first-order valence-corrected chi connectivity index (χ1v) is 22.1. The molecule has 0 rings (SSSR count). The average molecular weight is 766 g/mol. The standard InChI is InChI=1S/C43H76NO8P/c1-5-7-9-11-13-15-17-19-21-23-25-27-29-31-33-35-42(45)49-39-41(40-51-53(47,48)50-38-37-44(3)4)52-43(46)36-34-32-30-28-26-24-22-20-18-16-14-12-10-8-6-2/h13-16,19-22,26,28,41H,5-12,17-18,23-25,27,29-40H2,1-4H3,(H,47,48)/b15-13-,16-14-,21-19-,22-20-,28-26-. The molecule has 306 valence electrons. The van der Waals surface area contributed by atoms with Crippen molar-refractivity contribution in [3.05, 3.63) is 60.8 Å². The Hall–Kier alpha value is -2.29. The summed E-state index contributed by atoms with van der Waals surface area (Å²) in [5.41, 5.74) is 0. The van der Waals surface area contributed by atoms with E-state index in [0.29, 0.717) is 19.4 Å². The van der Waals surface area contributed by atoms with Crippen molar-refractivity contribution in [2.24, 2.45) is 0 Å². The van der Waals surface area contributed by atoms with Gasteiger partial charge in [-0.2, -0.15) is 0 Å². The van der Waals surface area contributed by atoms with Crippen molar-refractivity contribution >= 4 is 19.8 Å². The van der Waals surface area contributed by atoms with E-state index in [1.165, 1.54) is 44.9 Å². The number of ether oxygens (including phenoxy) is 2. The van der Waals surface area contributed by atoms with Crippen LogP contribution in [0, 0.1) is 0 Å². The summed E-state index contributed by atoms with van der Waals surface area (Å²) in [5.74, 6) is -0.869. The number of phosphoric ester groups is 1. The van der Waals surface area contributed by atoms with Gasteiger partial charge < -0.3 is 19.3 Å². The van der Waals surface area contributed by atoms with Crippen molar-refractivity contribution < 1.29 is 37.6 Å². The fourth-order valence-electron chi connectivity index (χ4n) is 5.07. The molecule has 0 heterocycles. The molecule has 2 atom stereocenters. The van der Waals surface area contributed by atoms with Crippen LogP contribution in [0.3, 0.4) is 0 Å². The van der Waals surface area contributed by atoms with Crippen LogP contribution in [-0.4, -0.2) is 68.3 Å². The molecular weight excluding hydrogens is 689 g/mol. The molecule has 0 radical (unpaired) electrons. The number of carbonyl (C=O) groups is 2. The highest BCUT2D eigenvalue weighted by Crippen LogP contribution is 2.43. The van der Waals surface area contributed by atoms with Crippen LogP contribution in [0.4, 0.5) is 0 Å². The molecule has 0 saturated heterocycles. The SMILES string of the molecule is CCCCC/C=C\C/C=C\C/C=C\CCCCC(=O)OC(COC(=O)CCCCCCC/C=C\C/C=C\CCCCC)COP(=O)(O)OCCN(C)C. The third-order valence-corrected chi connectivity index (χ3v) is 9.28. The van der Waals surface area contributed by atoms with Gasteiger partial charge in [-0.3, -0.25) is 18.6 Å². The first-order chi connectivity index (χ1) is 25.7. The molecular formula is C43H76NO8P. The van der Waals surface area contributed by atoms with E-state index in [1.807, 2.05) is 14.1 Å². The largest absolute Gasteiger partial charge is 0.472 e. The van der Waals surface area contributed by atoms with Crippen LogP contribution in [-0.2, 0) is 32.7 Å². The Balaban J connectivity index is 4.43. The Kier molecular flexibility index (Phi) is 36.4. The van der Waals surface area contributed by atoms with E-state index in [1.54, 1.807) is 4.90 Å². The normalized spacial score (nSPS) is 14.1. The van der Waals surface area contributed by atoms with Gasteiger partial charge in [-0.25, -0.2) is 4.57 Å². The highest BCUT2D eigenvalue weighted by molar-refractivity contribution is 7.47. The molecule has 10 heteroatoms. The van der Waals surface area contributed by atoms with Crippen LogP contribution in [0.15, 0.2) is 60.8 Å². The molecule has 0 aromatic heterocycles. The van der Waals surface area contributed by atoms with Crippen molar-refractivity contribution in [3.63, 3.8) is 0 Å². The summed E-state index contributed by atoms with van der Waals surface area (Å²) in [6.07, 6.45) is 42.6. The Morgan fingerprint density at radius 2 is 1.02 bits per heavy atom. The van der Waals surface area contributed by atoms with Crippen LogP contribution in [0.1, 0.15) is 155 Å². The summed E-state index contributed by atoms with van der Waals surface area (Å²) in [7, 11) is -0.744. The maximum atomic E-state index is 12.6. The zero-order valence-corrected chi connectivity index (χ0v) is 34.8. The Labute approximate surface area is 323 Å². The lowest BCUT2D eigenvalue weighted by Crippen LogP contribution is -2.29. The lowest BCUT2D eigenvalue weighted by Gasteiger charge is -2.20. The van der Waals surface area contributed by atoms with Gasteiger partial charge in [0.15, 0.2) is 6.10 Å². The van der Waals surface area contributed by atoms with Crippen LogP contribution < -0.4 is 0 Å². The average Bonchev–Trinajstić information content (AvgIpc) is 3.12.